The van der Waals surface area contributed by atoms with Gasteiger partial charge < -0.3 is 5.11 Å². The molecule has 2 nitrogen and oxygen atoms in total. The van der Waals surface area contributed by atoms with Crippen LogP contribution in [0.5, 0.6) is 0 Å². The molecule has 0 saturated heterocycles. The second-order valence-electron chi connectivity index (χ2n) is 4.90. The first kappa shape index (κ1) is 16.4. The summed E-state index contributed by atoms with van der Waals surface area (Å²) in [5.41, 5.74) is 1.75. The second kappa shape index (κ2) is 7.81. The van der Waals surface area contributed by atoms with Gasteiger partial charge in [-0.3, -0.25) is 0 Å². The number of nitrogens with zero attached hydrogens (tertiary/aromatic N) is 1. The summed E-state index contributed by atoms with van der Waals surface area (Å²) in [7, 11) is 0. The Kier molecular flexibility index (Phi) is 6.73. The van der Waals surface area contributed by atoms with Gasteiger partial charge in [-0.15, -0.1) is 0 Å². The third-order valence-corrected chi connectivity index (χ3v) is 4.18. The number of pyridine rings is 1. The van der Waals surface area contributed by atoms with Crippen molar-refractivity contribution >= 4 is 21.5 Å². The van der Waals surface area contributed by atoms with Crippen LogP contribution in [0.15, 0.2) is 28.9 Å². The molecule has 19 heavy (non-hydrogen) atoms. The number of halogens is 1. The van der Waals surface area contributed by atoms with Crippen LogP contribution in [-0.2, 0) is 0 Å². The van der Waals surface area contributed by atoms with Crippen LogP contribution < -0.4 is 0 Å². The first-order valence-corrected chi connectivity index (χ1v) is 7.88. The van der Waals surface area contributed by atoms with Crippen LogP contribution in [0.1, 0.15) is 58.6 Å². The predicted octanol–water partition coefficient (Wildman–Crippen LogP) is 4.97. The SMILES string of the molecule is CCC(=CCCC(O)(CC)CC)c1cccc(Br)n1. The minimum atomic E-state index is -0.514. The van der Waals surface area contributed by atoms with E-state index in [1.165, 1.54) is 5.57 Å². The molecule has 0 bridgehead atoms. The maximum atomic E-state index is 10.3. The maximum Gasteiger partial charge on any atom is 0.106 e. The molecule has 0 aromatic carbocycles. The van der Waals surface area contributed by atoms with Crippen molar-refractivity contribution in [3.05, 3.63) is 34.6 Å². The van der Waals surface area contributed by atoms with E-state index in [9.17, 15) is 5.11 Å². The first-order valence-electron chi connectivity index (χ1n) is 7.09. The fraction of sp³-hybridized carbons (Fsp3) is 0.562. The molecule has 0 spiro atoms. The third-order valence-electron chi connectivity index (χ3n) is 3.74. The van der Waals surface area contributed by atoms with E-state index in [1.807, 2.05) is 32.0 Å². The Labute approximate surface area is 125 Å². The highest BCUT2D eigenvalue weighted by molar-refractivity contribution is 9.10. The zero-order valence-corrected chi connectivity index (χ0v) is 13.7. The highest BCUT2D eigenvalue weighted by Crippen LogP contribution is 2.24. The Balaban J connectivity index is 2.73. The van der Waals surface area contributed by atoms with Gasteiger partial charge in [-0.1, -0.05) is 32.9 Å². The molecule has 1 aromatic heterocycles. The van der Waals surface area contributed by atoms with Gasteiger partial charge in [0, 0.05) is 0 Å². The van der Waals surface area contributed by atoms with Gasteiger partial charge in [0.25, 0.3) is 0 Å². The lowest BCUT2D eigenvalue weighted by atomic mass is 9.91. The van der Waals surface area contributed by atoms with Crippen molar-refractivity contribution in [2.45, 2.75) is 58.5 Å². The van der Waals surface area contributed by atoms with Crippen LogP contribution in [0.4, 0.5) is 0 Å². The number of aromatic nitrogens is 1. The average molecular weight is 326 g/mol. The van der Waals surface area contributed by atoms with Crippen molar-refractivity contribution in [3.63, 3.8) is 0 Å². The van der Waals surface area contributed by atoms with Gasteiger partial charge in [-0.05, 0) is 65.7 Å². The summed E-state index contributed by atoms with van der Waals surface area (Å²) < 4.78 is 0.864. The van der Waals surface area contributed by atoms with Crippen molar-refractivity contribution < 1.29 is 5.11 Å². The quantitative estimate of drug-likeness (QED) is 0.718. The molecule has 0 amide bonds. The molecule has 0 aliphatic rings. The van der Waals surface area contributed by atoms with Crippen molar-refractivity contribution in [3.8, 4) is 0 Å². The molecule has 0 fully saturated rings. The Hall–Kier alpha value is -0.670. The van der Waals surface area contributed by atoms with E-state index in [0.29, 0.717) is 0 Å². The van der Waals surface area contributed by atoms with Gasteiger partial charge in [0.05, 0.1) is 11.3 Å². The zero-order chi connectivity index (χ0) is 14.3. The summed E-state index contributed by atoms with van der Waals surface area (Å²) in [5.74, 6) is 0. The topological polar surface area (TPSA) is 33.1 Å². The molecule has 0 saturated carbocycles. The number of hydrogen-bond donors (Lipinski definition) is 1. The highest BCUT2D eigenvalue weighted by Gasteiger charge is 2.20. The van der Waals surface area contributed by atoms with E-state index in [1.54, 1.807) is 0 Å². The van der Waals surface area contributed by atoms with E-state index in [4.69, 9.17) is 0 Å². The van der Waals surface area contributed by atoms with Crippen LogP contribution in [0.25, 0.3) is 5.57 Å². The number of allylic oxidation sites excluding steroid dienone is 2. The van der Waals surface area contributed by atoms with Gasteiger partial charge in [0.2, 0.25) is 0 Å². The van der Waals surface area contributed by atoms with Crippen LogP contribution in [0.3, 0.4) is 0 Å². The molecule has 0 radical (unpaired) electrons. The molecule has 0 unspecified atom stereocenters. The molecule has 1 N–H and O–H groups in total. The third kappa shape index (κ3) is 5.07. The molecule has 0 aliphatic heterocycles. The Bertz CT molecular complexity index is 425. The summed E-state index contributed by atoms with van der Waals surface area (Å²) in [6, 6.07) is 5.97. The number of rotatable bonds is 7. The van der Waals surface area contributed by atoms with Gasteiger partial charge in [0.15, 0.2) is 0 Å². The summed E-state index contributed by atoms with van der Waals surface area (Å²) >= 11 is 3.40. The monoisotopic (exact) mass is 325 g/mol. The molecule has 106 valence electrons. The van der Waals surface area contributed by atoms with Gasteiger partial charge in [-0.25, -0.2) is 4.98 Å². The van der Waals surface area contributed by atoms with Crippen molar-refractivity contribution in [1.82, 2.24) is 4.98 Å². The summed E-state index contributed by atoms with van der Waals surface area (Å²) in [4.78, 5) is 4.49. The molecular formula is C16H24BrNO. The highest BCUT2D eigenvalue weighted by atomic mass is 79.9. The molecule has 1 aromatic rings. The fourth-order valence-electron chi connectivity index (χ4n) is 2.14. The van der Waals surface area contributed by atoms with Gasteiger partial charge >= 0.3 is 0 Å². The number of hydrogen-bond acceptors (Lipinski definition) is 2. The van der Waals surface area contributed by atoms with E-state index >= 15 is 0 Å². The minimum absolute atomic E-state index is 0.514. The van der Waals surface area contributed by atoms with Gasteiger partial charge in [0.1, 0.15) is 4.60 Å². The largest absolute Gasteiger partial charge is 0.390 e. The molecule has 1 rings (SSSR count). The lowest BCUT2D eigenvalue weighted by molar-refractivity contribution is 0.0246. The molecular weight excluding hydrogens is 302 g/mol. The molecule has 0 aliphatic carbocycles. The van der Waals surface area contributed by atoms with E-state index in [2.05, 4.69) is 33.9 Å². The standard InChI is InChI=1S/C16H24BrNO/c1-4-13(14-10-7-11-15(17)18-14)9-8-12-16(19,5-2)6-3/h7,9-11,19H,4-6,8,12H2,1-3H3. The van der Waals surface area contributed by atoms with Gasteiger partial charge in [-0.2, -0.15) is 0 Å². The lowest BCUT2D eigenvalue weighted by Crippen LogP contribution is -2.25. The van der Waals surface area contributed by atoms with Crippen LogP contribution >= 0.6 is 15.9 Å². The maximum absolute atomic E-state index is 10.3. The van der Waals surface area contributed by atoms with Crippen LogP contribution in [-0.4, -0.2) is 15.7 Å². The van der Waals surface area contributed by atoms with Crippen LogP contribution in [0.2, 0.25) is 0 Å². The molecule has 1 heterocycles. The van der Waals surface area contributed by atoms with Crippen molar-refractivity contribution in [1.29, 1.82) is 0 Å². The fourth-order valence-corrected chi connectivity index (χ4v) is 2.48. The Morgan fingerprint density at radius 1 is 1.32 bits per heavy atom. The zero-order valence-electron chi connectivity index (χ0n) is 12.1. The second-order valence-corrected chi connectivity index (χ2v) is 5.71. The van der Waals surface area contributed by atoms with E-state index < -0.39 is 5.60 Å². The summed E-state index contributed by atoms with van der Waals surface area (Å²) in [6.45, 7) is 6.23. The Morgan fingerprint density at radius 3 is 2.53 bits per heavy atom. The van der Waals surface area contributed by atoms with E-state index in [-0.39, 0.29) is 0 Å². The smallest absolute Gasteiger partial charge is 0.106 e. The molecule has 0 atom stereocenters. The number of aliphatic hydroxyl groups is 1. The summed E-state index contributed by atoms with van der Waals surface area (Å²) in [5, 5.41) is 10.3. The normalized spacial score (nSPS) is 12.8. The predicted molar refractivity (Wildman–Crippen MR) is 85.0 cm³/mol. The van der Waals surface area contributed by atoms with E-state index in [0.717, 1.165) is 42.4 Å². The van der Waals surface area contributed by atoms with Crippen LogP contribution in [0, 0.1) is 0 Å². The Morgan fingerprint density at radius 2 is 2.00 bits per heavy atom. The lowest BCUT2D eigenvalue weighted by Gasteiger charge is -2.24. The molecule has 3 heteroatoms. The first-order chi connectivity index (χ1) is 9.04. The van der Waals surface area contributed by atoms with Crippen molar-refractivity contribution in [2.24, 2.45) is 0 Å². The average Bonchev–Trinajstić information content (AvgIpc) is 2.43. The summed E-state index contributed by atoms with van der Waals surface area (Å²) in [6.07, 6.45) is 6.51. The van der Waals surface area contributed by atoms with Crippen molar-refractivity contribution in [2.75, 3.05) is 0 Å². The minimum Gasteiger partial charge on any atom is -0.390 e.